The number of rotatable bonds is 3. The van der Waals surface area contributed by atoms with E-state index < -0.39 is 0 Å². The second kappa shape index (κ2) is 4.19. The fourth-order valence-electron chi connectivity index (χ4n) is 1.33. The Hall–Kier alpha value is -1.15. The van der Waals surface area contributed by atoms with Gasteiger partial charge in [-0.1, -0.05) is 18.2 Å². The molecule has 1 aromatic carbocycles. The van der Waals surface area contributed by atoms with E-state index >= 15 is 0 Å². The fraction of sp³-hybridized carbons (Fsp3) is 0.273. The van der Waals surface area contributed by atoms with Crippen molar-refractivity contribution in [2.75, 3.05) is 0 Å². The minimum atomic E-state index is -0.197. The van der Waals surface area contributed by atoms with Crippen LogP contribution >= 0.6 is 0 Å². The van der Waals surface area contributed by atoms with Gasteiger partial charge in [0.1, 0.15) is 5.82 Å². The molecule has 0 aliphatic heterocycles. The van der Waals surface area contributed by atoms with Crippen molar-refractivity contribution in [2.45, 2.75) is 19.4 Å². The summed E-state index contributed by atoms with van der Waals surface area (Å²) in [5, 5.41) is 0. The molecule has 0 fully saturated rings. The highest BCUT2D eigenvalue weighted by Gasteiger charge is 2.09. The first-order valence-electron chi connectivity index (χ1n) is 4.28. The number of hydrogen-bond donors (Lipinski definition) is 1. The van der Waals surface area contributed by atoms with Gasteiger partial charge in [0.15, 0.2) is 0 Å². The topological polar surface area (TPSA) is 26.0 Å². The molecule has 0 saturated carbocycles. The zero-order valence-electron chi connectivity index (χ0n) is 7.76. The average molecular weight is 179 g/mol. The Kier molecular flexibility index (Phi) is 3.20. The predicted octanol–water partition coefficient (Wildman–Crippen LogP) is 2.71. The molecule has 70 valence electrons. The molecule has 1 unspecified atom stereocenters. The maximum atomic E-state index is 13.1. The standard InChI is InChI=1S/C11H14FN/c1-3-5-11(13)9-6-4-7-10(12)8(9)2/h3-4,6-7,11H,1,5,13H2,2H3. The van der Waals surface area contributed by atoms with Crippen molar-refractivity contribution in [3.8, 4) is 0 Å². The molecule has 0 aromatic heterocycles. The van der Waals surface area contributed by atoms with Gasteiger partial charge in [-0.15, -0.1) is 6.58 Å². The number of benzene rings is 1. The third kappa shape index (κ3) is 2.16. The smallest absolute Gasteiger partial charge is 0.126 e. The van der Waals surface area contributed by atoms with Crippen LogP contribution in [0.1, 0.15) is 23.6 Å². The molecular weight excluding hydrogens is 165 g/mol. The maximum absolute atomic E-state index is 13.1. The van der Waals surface area contributed by atoms with E-state index in [4.69, 9.17) is 5.73 Å². The van der Waals surface area contributed by atoms with Crippen molar-refractivity contribution in [2.24, 2.45) is 5.73 Å². The lowest BCUT2D eigenvalue weighted by Gasteiger charge is -2.12. The van der Waals surface area contributed by atoms with Gasteiger partial charge in [-0.2, -0.15) is 0 Å². The lowest BCUT2D eigenvalue weighted by molar-refractivity contribution is 0.608. The molecule has 0 bridgehead atoms. The first-order valence-corrected chi connectivity index (χ1v) is 4.28. The lowest BCUT2D eigenvalue weighted by atomic mass is 9.99. The zero-order valence-corrected chi connectivity index (χ0v) is 7.76. The van der Waals surface area contributed by atoms with E-state index in [-0.39, 0.29) is 11.9 Å². The molecule has 0 aliphatic rings. The van der Waals surface area contributed by atoms with Gasteiger partial charge in [0.25, 0.3) is 0 Å². The molecule has 0 heterocycles. The first-order chi connectivity index (χ1) is 6.16. The second-order valence-corrected chi connectivity index (χ2v) is 3.08. The molecular formula is C11H14FN. The minimum Gasteiger partial charge on any atom is -0.324 e. The summed E-state index contributed by atoms with van der Waals surface area (Å²) in [5.74, 6) is -0.197. The Labute approximate surface area is 78.1 Å². The van der Waals surface area contributed by atoms with Gasteiger partial charge in [0, 0.05) is 6.04 Å². The van der Waals surface area contributed by atoms with Crippen LogP contribution in [-0.4, -0.2) is 0 Å². The van der Waals surface area contributed by atoms with Crippen LogP contribution in [-0.2, 0) is 0 Å². The molecule has 0 spiro atoms. The molecule has 0 amide bonds. The summed E-state index contributed by atoms with van der Waals surface area (Å²) < 4.78 is 13.1. The Balaban J connectivity index is 3.00. The van der Waals surface area contributed by atoms with Crippen LogP contribution in [0.2, 0.25) is 0 Å². The first kappa shape index (κ1) is 9.93. The van der Waals surface area contributed by atoms with Crippen molar-refractivity contribution in [1.29, 1.82) is 0 Å². The molecule has 0 saturated heterocycles. The molecule has 2 heteroatoms. The Bertz CT molecular complexity index is 307. The van der Waals surface area contributed by atoms with E-state index in [9.17, 15) is 4.39 Å². The Morgan fingerprint density at radius 3 is 2.92 bits per heavy atom. The summed E-state index contributed by atoms with van der Waals surface area (Å²) in [6.07, 6.45) is 2.42. The largest absolute Gasteiger partial charge is 0.324 e. The van der Waals surface area contributed by atoms with E-state index in [0.29, 0.717) is 12.0 Å². The van der Waals surface area contributed by atoms with E-state index in [2.05, 4.69) is 6.58 Å². The van der Waals surface area contributed by atoms with Crippen LogP contribution in [0.3, 0.4) is 0 Å². The van der Waals surface area contributed by atoms with Crippen LogP contribution < -0.4 is 5.73 Å². The van der Waals surface area contributed by atoms with E-state index in [0.717, 1.165) is 5.56 Å². The van der Waals surface area contributed by atoms with Crippen molar-refractivity contribution >= 4 is 0 Å². The Morgan fingerprint density at radius 2 is 2.31 bits per heavy atom. The third-order valence-corrected chi connectivity index (χ3v) is 2.13. The van der Waals surface area contributed by atoms with Crippen LogP contribution in [0.15, 0.2) is 30.9 Å². The lowest BCUT2D eigenvalue weighted by Crippen LogP contribution is -2.11. The predicted molar refractivity (Wildman–Crippen MR) is 52.9 cm³/mol. The molecule has 13 heavy (non-hydrogen) atoms. The summed E-state index contributed by atoms with van der Waals surface area (Å²) in [5.41, 5.74) is 7.33. The monoisotopic (exact) mass is 179 g/mol. The second-order valence-electron chi connectivity index (χ2n) is 3.08. The van der Waals surface area contributed by atoms with Crippen LogP contribution in [0, 0.1) is 12.7 Å². The minimum absolute atomic E-state index is 0.145. The van der Waals surface area contributed by atoms with E-state index in [1.165, 1.54) is 6.07 Å². The average Bonchev–Trinajstić information content (AvgIpc) is 2.10. The van der Waals surface area contributed by atoms with Crippen LogP contribution in [0.5, 0.6) is 0 Å². The molecule has 1 aromatic rings. The van der Waals surface area contributed by atoms with Crippen molar-refractivity contribution in [3.05, 3.63) is 47.8 Å². The van der Waals surface area contributed by atoms with Gasteiger partial charge < -0.3 is 5.73 Å². The summed E-state index contributed by atoms with van der Waals surface area (Å²) in [4.78, 5) is 0. The van der Waals surface area contributed by atoms with Gasteiger partial charge in [0.05, 0.1) is 0 Å². The van der Waals surface area contributed by atoms with E-state index in [1.54, 1.807) is 19.1 Å². The quantitative estimate of drug-likeness (QED) is 0.709. The molecule has 0 aliphatic carbocycles. The SMILES string of the molecule is C=CCC(N)c1cccc(F)c1C. The summed E-state index contributed by atoms with van der Waals surface area (Å²) in [6, 6.07) is 4.83. The number of halogens is 1. The highest BCUT2D eigenvalue weighted by molar-refractivity contribution is 5.30. The normalized spacial score (nSPS) is 12.5. The van der Waals surface area contributed by atoms with Crippen molar-refractivity contribution in [3.63, 3.8) is 0 Å². The summed E-state index contributed by atoms with van der Waals surface area (Å²) in [6.45, 7) is 5.35. The number of hydrogen-bond acceptors (Lipinski definition) is 1. The van der Waals surface area contributed by atoms with Crippen molar-refractivity contribution < 1.29 is 4.39 Å². The van der Waals surface area contributed by atoms with Gasteiger partial charge in [0.2, 0.25) is 0 Å². The van der Waals surface area contributed by atoms with Gasteiger partial charge >= 0.3 is 0 Å². The third-order valence-electron chi connectivity index (χ3n) is 2.13. The van der Waals surface area contributed by atoms with E-state index in [1.807, 2.05) is 6.07 Å². The Morgan fingerprint density at radius 1 is 1.62 bits per heavy atom. The summed E-state index contributed by atoms with van der Waals surface area (Å²) in [7, 11) is 0. The highest BCUT2D eigenvalue weighted by Crippen LogP contribution is 2.20. The molecule has 1 atom stereocenters. The van der Waals surface area contributed by atoms with Crippen molar-refractivity contribution in [1.82, 2.24) is 0 Å². The van der Waals surface area contributed by atoms with Crippen LogP contribution in [0.4, 0.5) is 4.39 Å². The van der Waals surface area contributed by atoms with Crippen LogP contribution in [0.25, 0.3) is 0 Å². The molecule has 0 radical (unpaired) electrons. The summed E-state index contributed by atoms with van der Waals surface area (Å²) >= 11 is 0. The maximum Gasteiger partial charge on any atom is 0.126 e. The molecule has 1 rings (SSSR count). The highest BCUT2D eigenvalue weighted by atomic mass is 19.1. The molecule has 1 nitrogen and oxygen atoms in total. The number of nitrogens with two attached hydrogens (primary N) is 1. The van der Waals surface area contributed by atoms with Gasteiger partial charge in [-0.05, 0) is 30.5 Å². The molecule has 2 N–H and O–H groups in total. The van der Waals surface area contributed by atoms with Gasteiger partial charge in [-0.25, -0.2) is 4.39 Å². The van der Waals surface area contributed by atoms with Gasteiger partial charge in [-0.3, -0.25) is 0 Å². The fourth-order valence-corrected chi connectivity index (χ4v) is 1.33. The zero-order chi connectivity index (χ0) is 9.84.